The number of aromatic nitrogens is 3. The van der Waals surface area contributed by atoms with Crippen LogP contribution in [0.15, 0.2) is 59.5 Å². The maximum absolute atomic E-state index is 13.0. The third-order valence-electron chi connectivity index (χ3n) is 6.59. The van der Waals surface area contributed by atoms with Crippen molar-refractivity contribution in [3.8, 4) is 16.9 Å². The second kappa shape index (κ2) is 9.04. The van der Waals surface area contributed by atoms with Gasteiger partial charge in [-0.1, -0.05) is 12.1 Å². The van der Waals surface area contributed by atoms with Crippen molar-refractivity contribution in [3.05, 3.63) is 81.9 Å². The minimum Gasteiger partial charge on any atom is -0.444 e. The molecule has 4 aromatic rings. The number of carbonyl (C=O) groups excluding carboxylic acids is 1. The van der Waals surface area contributed by atoms with Gasteiger partial charge in [-0.25, -0.2) is 9.78 Å². The summed E-state index contributed by atoms with van der Waals surface area (Å²) in [5.74, 6) is 0.420. The van der Waals surface area contributed by atoms with Crippen LogP contribution in [0.4, 0.5) is 18.0 Å². The number of rotatable bonds is 2. The number of carbonyl (C=O) groups is 1. The lowest BCUT2D eigenvalue weighted by Crippen LogP contribution is -2.40. The SMILES string of the molecule is Cn1c2c(c3ccc(-n4ccc(-c5ccc(C(F)(F)F)cc5)cc4=O)nc31)CN(C(=O)OC(C)(C)C)CC2. The van der Waals surface area contributed by atoms with Crippen molar-refractivity contribution in [1.29, 1.82) is 0 Å². The Labute approximate surface area is 217 Å². The van der Waals surface area contributed by atoms with E-state index in [-0.39, 0.29) is 11.7 Å². The molecule has 0 saturated heterocycles. The Morgan fingerprint density at radius 1 is 1.00 bits per heavy atom. The fourth-order valence-corrected chi connectivity index (χ4v) is 4.74. The molecule has 10 heteroatoms. The van der Waals surface area contributed by atoms with Gasteiger partial charge in [-0.3, -0.25) is 9.36 Å². The number of alkyl halides is 3. The molecule has 0 fully saturated rings. The number of amides is 1. The summed E-state index contributed by atoms with van der Waals surface area (Å²) >= 11 is 0. The zero-order chi connectivity index (χ0) is 27.4. The van der Waals surface area contributed by atoms with Gasteiger partial charge in [0.05, 0.1) is 12.1 Å². The Morgan fingerprint density at radius 3 is 2.34 bits per heavy atom. The van der Waals surface area contributed by atoms with Gasteiger partial charge in [-0.15, -0.1) is 0 Å². The smallest absolute Gasteiger partial charge is 0.416 e. The quantitative estimate of drug-likeness (QED) is 0.337. The lowest BCUT2D eigenvalue weighted by Gasteiger charge is -2.30. The van der Waals surface area contributed by atoms with Crippen LogP contribution < -0.4 is 5.56 Å². The summed E-state index contributed by atoms with van der Waals surface area (Å²) in [6.07, 6.45) is -2.56. The third kappa shape index (κ3) is 4.78. The van der Waals surface area contributed by atoms with E-state index in [1.54, 1.807) is 23.2 Å². The van der Waals surface area contributed by atoms with E-state index in [1.807, 2.05) is 38.5 Å². The molecule has 198 valence electrons. The van der Waals surface area contributed by atoms with Crippen LogP contribution >= 0.6 is 0 Å². The highest BCUT2D eigenvalue weighted by Gasteiger charge is 2.31. The van der Waals surface area contributed by atoms with E-state index in [4.69, 9.17) is 9.72 Å². The molecule has 1 aliphatic rings. The first-order chi connectivity index (χ1) is 17.8. The summed E-state index contributed by atoms with van der Waals surface area (Å²) < 4.78 is 47.5. The minimum atomic E-state index is -4.42. The molecule has 0 bridgehead atoms. The van der Waals surface area contributed by atoms with Crippen LogP contribution in [0, 0.1) is 0 Å². The lowest BCUT2D eigenvalue weighted by atomic mass is 10.0. The third-order valence-corrected chi connectivity index (χ3v) is 6.59. The van der Waals surface area contributed by atoms with E-state index in [1.165, 1.54) is 22.8 Å². The van der Waals surface area contributed by atoms with Gasteiger partial charge < -0.3 is 14.2 Å². The number of aryl methyl sites for hydroxylation is 1. The van der Waals surface area contributed by atoms with Gasteiger partial charge in [-0.2, -0.15) is 13.2 Å². The average Bonchev–Trinajstić information content (AvgIpc) is 3.13. The van der Waals surface area contributed by atoms with Crippen molar-refractivity contribution in [1.82, 2.24) is 19.0 Å². The van der Waals surface area contributed by atoms with Crippen LogP contribution in [0.2, 0.25) is 0 Å². The molecule has 3 aromatic heterocycles. The molecule has 0 aliphatic carbocycles. The van der Waals surface area contributed by atoms with E-state index in [0.717, 1.165) is 28.8 Å². The molecular weight excluding hydrogens is 497 g/mol. The van der Waals surface area contributed by atoms with E-state index in [9.17, 15) is 22.8 Å². The number of nitrogens with zero attached hydrogens (tertiary/aromatic N) is 4. The molecule has 0 N–H and O–H groups in total. The molecule has 0 unspecified atom stereocenters. The molecule has 4 heterocycles. The number of pyridine rings is 2. The molecule has 1 aromatic carbocycles. The molecule has 0 radical (unpaired) electrons. The largest absolute Gasteiger partial charge is 0.444 e. The van der Waals surface area contributed by atoms with Crippen LogP contribution in [0.1, 0.15) is 37.6 Å². The molecule has 5 rings (SSSR count). The van der Waals surface area contributed by atoms with Crippen molar-refractivity contribution in [3.63, 3.8) is 0 Å². The zero-order valence-corrected chi connectivity index (χ0v) is 21.5. The maximum atomic E-state index is 13.0. The normalized spacial score (nSPS) is 14.0. The monoisotopic (exact) mass is 524 g/mol. The number of halogens is 3. The molecule has 0 saturated carbocycles. The zero-order valence-electron chi connectivity index (χ0n) is 21.5. The Balaban J connectivity index is 1.44. The number of benzene rings is 1. The first-order valence-corrected chi connectivity index (χ1v) is 12.2. The van der Waals surface area contributed by atoms with Crippen molar-refractivity contribution in [2.75, 3.05) is 6.54 Å². The Bertz CT molecular complexity index is 1600. The second-order valence-corrected chi connectivity index (χ2v) is 10.4. The van der Waals surface area contributed by atoms with Crippen LogP contribution in [0.3, 0.4) is 0 Å². The summed E-state index contributed by atoms with van der Waals surface area (Å²) in [5, 5.41) is 0.897. The van der Waals surface area contributed by atoms with Gasteiger partial charge in [-0.05, 0) is 62.2 Å². The topological polar surface area (TPSA) is 69.4 Å². The number of hydrogen-bond acceptors (Lipinski definition) is 4. The van der Waals surface area contributed by atoms with E-state index in [2.05, 4.69) is 0 Å². The Hall–Kier alpha value is -4.08. The van der Waals surface area contributed by atoms with Crippen molar-refractivity contribution < 1.29 is 22.7 Å². The standard InChI is InChI=1S/C28H27F3N4O3/c1-27(2,3)38-26(37)34-13-12-22-21(16-34)20-9-10-23(32-25(20)33(22)4)35-14-11-18(15-24(35)36)17-5-7-19(8-6-17)28(29,30)31/h5-11,14-15H,12-13,16H2,1-4H3. The molecule has 1 aliphatic heterocycles. The molecule has 38 heavy (non-hydrogen) atoms. The van der Waals surface area contributed by atoms with E-state index >= 15 is 0 Å². The fourth-order valence-electron chi connectivity index (χ4n) is 4.74. The van der Waals surface area contributed by atoms with Crippen molar-refractivity contribution in [2.24, 2.45) is 7.05 Å². The molecular formula is C28H27F3N4O3. The first-order valence-electron chi connectivity index (χ1n) is 12.2. The number of fused-ring (bicyclic) bond motifs is 3. The predicted octanol–water partition coefficient (Wildman–Crippen LogP) is 5.70. The van der Waals surface area contributed by atoms with Crippen molar-refractivity contribution in [2.45, 2.75) is 45.5 Å². The molecule has 1 amide bonds. The number of ether oxygens (including phenoxy) is 1. The van der Waals surface area contributed by atoms with Crippen LogP contribution in [0.25, 0.3) is 28.0 Å². The van der Waals surface area contributed by atoms with Gasteiger partial charge in [0.25, 0.3) is 5.56 Å². The minimum absolute atomic E-state index is 0.357. The molecule has 7 nitrogen and oxygen atoms in total. The highest BCUT2D eigenvalue weighted by atomic mass is 19.4. The van der Waals surface area contributed by atoms with Gasteiger partial charge >= 0.3 is 12.3 Å². The summed E-state index contributed by atoms with van der Waals surface area (Å²) in [6.45, 7) is 6.44. The first kappa shape index (κ1) is 25.6. The predicted molar refractivity (Wildman–Crippen MR) is 137 cm³/mol. The lowest BCUT2D eigenvalue weighted by molar-refractivity contribution is -0.137. The van der Waals surface area contributed by atoms with Gasteiger partial charge in [0.2, 0.25) is 0 Å². The van der Waals surface area contributed by atoms with Crippen molar-refractivity contribution >= 4 is 17.1 Å². The molecule has 0 spiro atoms. The molecule has 0 atom stereocenters. The van der Waals surface area contributed by atoms with E-state index < -0.39 is 17.3 Å². The van der Waals surface area contributed by atoms with Crippen LogP contribution in [-0.2, 0) is 30.9 Å². The van der Waals surface area contributed by atoms with Gasteiger partial charge in [0.1, 0.15) is 17.1 Å². The van der Waals surface area contributed by atoms with Crippen LogP contribution in [0.5, 0.6) is 0 Å². The highest BCUT2D eigenvalue weighted by Crippen LogP contribution is 2.32. The highest BCUT2D eigenvalue weighted by molar-refractivity contribution is 5.84. The maximum Gasteiger partial charge on any atom is 0.416 e. The number of hydrogen-bond donors (Lipinski definition) is 0. The van der Waals surface area contributed by atoms with E-state index in [0.29, 0.717) is 42.1 Å². The van der Waals surface area contributed by atoms with Gasteiger partial charge in [0, 0.05) is 48.9 Å². The second-order valence-electron chi connectivity index (χ2n) is 10.4. The van der Waals surface area contributed by atoms with Crippen LogP contribution in [-0.4, -0.2) is 37.3 Å². The van der Waals surface area contributed by atoms with Gasteiger partial charge in [0.15, 0.2) is 0 Å². The summed E-state index contributed by atoms with van der Waals surface area (Å²) in [7, 11) is 1.91. The average molecular weight is 525 g/mol. The Morgan fingerprint density at radius 2 is 1.71 bits per heavy atom. The summed E-state index contributed by atoms with van der Waals surface area (Å²) in [5.41, 5.74) is 2.11. The summed E-state index contributed by atoms with van der Waals surface area (Å²) in [4.78, 5) is 32.0. The summed E-state index contributed by atoms with van der Waals surface area (Å²) in [6, 6.07) is 11.4. The fraction of sp³-hybridized carbons (Fsp3) is 0.321. The Kier molecular flexibility index (Phi) is 6.08.